The van der Waals surface area contributed by atoms with Crippen molar-refractivity contribution >= 4 is 5.97 Å². The number of rotatable bonds is 3. The number of hydrogen-bond donors (Lipinski definition) is 1. The van der Waals surface area contributed by atoms with Gasteiger partial charge in [-0.1, -0.05) is 13.8 Å². The SMILES string of the molecule is Cc1nc(C(F)(F)F)cc(CC(C)C)c1C(=O)O. The second kappa shape index (κ2) is 4.96. The van der Waals surface area contributed by atoms with E-state index in [1.807, 2.05) is 13.8 Å². The lowest BCUT2D eigenvalue weighted by atomic mass is 9.96. The Bertz CT molecular complexity index is 467. The molecule has 0 atom stereocenters. The van der Waals surface area contributed by atoms with E-state index in [2.05, 4.69) is 4.98 Å². The third-order valence-electron chi connectivity index (χ3n) is 2.41. The van der Waals surface area contributed by atoms with Crippen LogP contribution in [0.5, 0.6) is 0 Å². The summed E-state index contributed by atoms with van der Waals surface area (Å²) in [5, 5.41) is 9.03. The molecule has 1 N–H and O–H groups in total. The minimum absolute atomic E-state index is 0.0611. The van der Waals surface area contributed by atoms with Gasteiger partial charge < -0.3 is 5.11 Å². The number of aromatic nitrogens is 1. The molecule has 1 heterocycles. The standard InChI is InChI=1S/C12H14F3NO2/c1-6(2)4-8-5-9(12(13,14)15)16-7(3)10(8)11(17)18/h5-6H,4H2,1-3H3,(H,17,18). The maximum atomic E-state index is 12.6. The second-order valence-corrected chi connectivity index (χ2v) is 4.53. The van der Waals surface area contributed by atoms with Crippen molar-refractivity contribution in [3.8, 4) is 0 Å². The molecule has 1 aromatic rings. The summed E-state index contributed by atoms with van der Waals surface area (Å²) in [7, 11) is 0. The van der Waals surface area contributed by atoms with Crippen molar-refractivity contribution in [1.29, 1.82) is 0 Å². The van der Waals surface area contributed by atoms with Crippen molar-refractivity contribution in [2.45, 2.75) is 33.4 Å². The Labute approximate surface area is 103 Å². The van der Waals surface area contributed by atoms with Crippen LogP contribution in [0.4, 0.5) is 13.2 Å². The predicted molar refractivity (Wildman–Crippen MR) is 59.5 cm³/mol. The van der Waals surface area contributed by atoms with Crippen LogP contribution in [0.2, 0.25) is 0 Å². The van der Waals surface area contributed by atoms with Crippen molar-refractivity contribution in [2.24, 2.45) is 5.92 Å². The first-order chi connectivity index (χ1) is 8.12. The average molecular weight is 261 g/mol. The van der Waals surface area contributed by atoms with Gasteiger partial charge in [0.15, 0.2) is 0 Å². The van der Waals surface area contributed by atoms with Crippen molar-refractivity contribution in [3.05, 3.63) is 28.6 Å². The lowest BCUT2D eigenvalue weighted by Gasteiger charge is -2.14. The van der Waals surface area contributed by atoms with Crippen molar-refractivity contribution in [1.82, 2.24) is 4.98 Å². The van der Waals surface area contributed by atoms with Gasteiger partial charge in [0, 0.05) is 0 Å². The van der Waals surface area contributed by atoms with Crippen LogP contribution >= 0.6 is 0 Å². The van der Waals surface area contributed by atoms with E-state index in [1.54, 1.807) is 0 Å². The first-order valence-electron chi connectivity index (χ1n) is 5.44. The molecule has 0 aliphatic carbocycles. The molecule has 0 aromatic carbocycles. The van der Waals surface area contributed by atoms with E-state index in [-0.39, 0.29) is 29.2 Å². The van der Waals surface area contributed by atoms with Crippen molar-refractivity contribution in [2.75, 3.05) is 0 Å². The topological polar surface area (TPSA) is 50.2 Å². The Kier molecular flexibility index (Phi) is 3.98. The number of carboxylic acid groups (broad SMARTS) is 1. The molecule has 0 saturated carbocycles. The molecule has 6 heteroatoms. The molecular formula is C12H14F3NO2. The number of hydrogen-bond acceptors (Lipinski definition) is 2. The van der Waals surface area contributed by atoms with E-state index in [4.69, 9.17) is 5.11 Å². The molecule has 0 radical (unpaired) electrons. The Morgan fingerprint density at radius 3 is 2.39 bits per heavy atom. The number of pyridine rings is 1. The minimum Gasteiger partial charge on any atom is -0.478 e. The summed E-state index contributed by atoms with van der Waals surface area (Å²) < 4.78 is 37.8. The van der Waals surface area contributed by atoms with Crippen LogP contribution in [0.3, 0.4) is 0 Å². The van der Waals surface area contributed by atoms with Crippen LogP contribution in [0, 0.1) is 12.8 Å². The normalized spacial score (nSPS) is 11.9. The smallest absolute Gasteiger partial charge is 0.433 e. The predicted octanol–water partition coefficient (Wildman–Crippen LogP) is 3.31. The molecular weight excluding hydrogens is 247 g/mol. The fourth-order valence-corrected chi connectivity index (χ4v) is 1.78. The number of alkyl halides is 3. The molecule has 1 rings (SSSR count). The lowest BCUT2D eigenvalue weighted by Crippen LogP contribution is -2.15. The van der Waals surface area contributed by atoms with E-state index < -0.39 is 17.8 Å². The molecule has 0 amide bonds. The maximum Gasteiger partial charge on any atom is 0.433 e. The van der Waals surface area contributed by atoms with Gasteiger partial charge in [-0.2, -0.15) is 13.2 Å². The second-order valence-electron chi connectivity index (χ2n) is 4.53. The van der Waals surface area contributed by atoms with Gasteiger partial charge in [0.1, 0.15) is 5.69 Å². The van der Waals surface area contributed by atoms with Gasteiger partial charge in [-0.05, 0) is 30.9 Å². The zero-order chi connectivity index (χ0) is 14.1. The Morgan fingerprint density at radius 1 is 1.44 bits per heavy atom. The largest absolute Gasteiger partial charge is 0.478 e. The zero-order valence-electron chi connectivity index (χ0n) is 10.3. The number of aryl methyl sites for hydroxylation is 1. The molecule has 0 bridgehead atoms. The molecule has 18 heavy (non-hydrogen) atoms. The molecule has 1 aromatic heterocycles. The Balaban J connectivity index is 3.42. The van der Waals surface area contributed by atoms with Crippen LogP contribution in [0.1, 0.15) is 41.2 Å². The van der Waals surface area contributed by atoms with Crippen LogP contribution in [-0.4, -0.2) is 16.1 Å². The number of halogens is 3. The van der Waals surface area contributed by atoms with Crippen LogP contribution in [-0.2, 0) is 12.6 Å². The molecule has 0 saturated heterocycles. The molecule has 0 aliphatic rings. The molecule has 100 valence electrons. The molecule has 0 aliphatic heterocycles. The highest BCUT2D eigenvalue weighted by Crippen LogP contribution is 2.30. The number of carboxylic acids is 1. The average Bonchev–Trinajstić information content (AvgIpc) is 2.13. The first kappa shape index (κ1) is 14.5. The van der Waals surface area contributed by atoms with E-state index in [1.165, 1.54) is 6.92 Å². The van der Waals surface area contributed by atoms with E-state index in [0.29, 0.717) is 0 Å². The monoisotopic (exact) mass is 261 g/mol. The third-order valence-corrected chi connectivity index (χ3v) is 2.41. The molecule has 0 unspecified atom stereocenters. The number of nitrogens with zero attached hydrogens (tertiary/aromatic N) is 1. The van der Waals surface area contributed by atoms with E-state index >= 15 is 0 Å². The summed E-state index contributed by atoms with van der Waals surface area (Å²) in [5.41, 5.74) is -1.09. The van der Waals surface area contributed by atoms with Gasteiger partial charge in [0.25, 0.3) is 0 Å². The quantitative estimate of drug-likeness (QED) is 0.908. The Morgan fingerprint density at radius 2 is 2.00 bits per heavy atom. The summed E-state index contributed by atoms with van der Waals surface area (Å²) in [6.45, 7) is 4.91. The highest BCUT2D eigenvalue weighted by atomic mass is 19.4. The van der Waals surface area contributed by atoms with E-state index in [0.717, 1.165) is 6.07 Å². The van der Waals surface area contributed by atoms with Gasteiger partial charge in [0.2, 0.25) is 0 Å². The van der Waals surface area contributed by atoms with Gasteiger partial charge in [-0.3, -0.25) is 0 Å². The van der Waals surface area contributed by atoms with Crippen molar-refractivity contribution < 1.29 is 23.1 Å². The van der Waals surface area contributed by atoms with Gasteiger partial charge >= 0.3 is 12.1 Å². The number of aromatic carboxylic acids is 1. The van der Waals surface area contributed by atoms with Crippen molar-refractivity contribution in [3.63, 3.8) is 0 Å². The fraction of sp³-hybridized carbons (Fsp3) is 0.500. The first-order valence-corrected chi connectivity index (χ1v) is 5.44. The van der Waals surface area contributed by atoms with Crippen LogP contribution in [0.15, 0.2) is 6.07 Å². The third kappa shape index (κ3) is 3.21. The summed E-state index contributed by atoms with van der Waals surface area (Å²) in [6, 6.07) is 0.830. The molecule has 3 nitrogen and oxygen atoms in total. The lowest BCUT2D eigenvalue weighted by molar-refractivity contribution is -0.141. The van der Waals surface area contributed by atoms with Gasteiger partial charge in [-0.25, -0.2) is 9.78 Å². The highest BCUT2D eigenvalue weighted by Gasteiger charge is 2.34. The molecule has 0 fully saturated rings. The van der Waals surface area contributed by atoms with Gasteiger partial charge in [-0.15, -0.1) is 0 Å². The highest BCUT2D eigenvalue weighted by molar-refractivity contribution is 5.90. The fourth-order valence-electron chi connectivity index (χ4n) is 1.78. The summed E-state index contributed by atoms with van der Waals surface area (Å²) in [4.78, 5) is 14.4. The zero-order valence-corrected chi connectivity index (χ0v) is 10.3. The van der Waals surface area contributed by atoms with E-state index in [9.17, 15) is 18.0 Å². The summed E-state index contributed by atoms with van der Waals surface area (Å²) in [5.74, 6) is -1.18. The molecule has 0 spiro atoms. The maximum absolute atomic E-state index is 12.6. The number of carbonyl (C=O) groups is 1. The minimum atomic E-state index is -4.56. The van der Waals surface area contributed by atoms with Crippen LogP contribution in [0.25, 0.3) is 0 Å². The van der Waals surface area contributed by atoms with Gasteiger partial charge in [0.05, 0.1) is 11.3 Å². The van der Waals surface area contributed by atoms with Crippen LogP contribution < -0.4 is 0 Å². The summed E-state index contributed by atoms with van der Waals surface area (Å²) in [6.07, 6.45) is -4.29. The Hall–Kier alpha value is -1.59. The summed E-state index contributed by atoms with van der Waals surface area (Å²) >= 11 is 0.